The largest absolute Gasteiger partial charge is 0.477 e. The van der Waals surface area contributed by atoms with Crippen molar-refractivity contribution in [2.45, 2.75) is 32.7 Å². The van der Waals surface area contributed by atoms with Gasteiger partial charge >= 0.3 is 0 Å². The van der Waals surface area contributed by atoms with Crippen LogP contribution in [-0.4, -0.2) is 43.0 Å². The lowest BCUT2D eigenvalue weighted by Gasteiger charge is -2.13. The highest BCUT2D eigenvalue weighted by molar-refractivity contribution is 5.92. The number of nitrogens with zero attached hydrogens (tertiary/aromatic N) is 2. The van der Waals surface area contributed by atoms with Gasteiger partial charge in [-0.3, -0.25) is 4.79 Å². The van der Waals surface area contributed by atoms with Crippen molar-refractivity contribution in [1.29, 1.82) is 0 Å². The first-order valence-corrected chi connectivity index (χ1v) is 7.72. The van der Waals surface area contributed by atoms with Crippen LogP contribution in [0.25, 0.3) is 0 Å². The van der Waals surface area contributed by atoms with E-state index in [1.807, 2.05) is 31.1 Å². The summed E-state index contributed by atoms with van der Waals surface area (Å²) in [7, 11) is 3.95. The zero-order valence-electron chi connectivity index (χ0n) is 13.9. The number of nitrogens with one attached hydrogen (secondary N) is 1. The zero-order valence-corrected chi connectivity index (χ0v) is 13.9. The summed E-state index contributed by atoms with van der Waals surface area (Å²) in [6.07, 6.45) is 4.42. The Balaban J connectivity index is 2.49. The lowest BCUT2D eigenvalue weighted by Crippen LogP contribution is -2.26. The summed E-state index contributed by atoms with van der Waals surface area (Å²) in [5.41, 5.74) is 1.47. The summed E-state index contributed by atoms with van der Waals surface area (Å²) in [5.74, 6) is 0.473. The van der Waals surface area contributed by atoms with Crippen LogP contribution in [0, 0.1) is 0 Å². The third-order valence-electron chi connectivity index (χ3n) is 3.21. The Bertz CT molecular complexity index is 487. The second kappa shape index (κ2) is 9.95. The highest BCUT2D eigenvalue weighted by atomic mass is 16.5. The summed E-state index contributed by atoms with van der Waals surface area (Å²) < 4.78 is 5.66. The second-order valence-electron chi connectivity index (χ2n) is 5.51. The van der Waals surface area contributed by atoms with Crippen molar-refractivity contribution in [2.24, 2.45) is 0 Å². The van der Waals surface area contributed by atoms with Crippen molar-refractivity contribution in [3.05, 3.63) is 36.0 Å². The maximum atomic E-state index is 12.0. The molecule has 0 spiro atoms. The fourth-order valence-corrected chi connectivity index (χ4v) is 1.77. The lowest BCUT2D eigenvalue weighted by molar-refractivity contribution is -0.117. The molecule has 1 amide bonds. The minimum atomic E-state index is -0.120. The number of unbranched alkanes of at least 4 members (excludes halogenated alkanes) is 1. The fraction of sp³-hybridized carbons (Fsp3) is 0.529. The molecule has 1 aromatic rings. The Morgan fingerprint density at radius 2 is 2.23 bits per heavy atom. The van der Waals surface area contributed by atoms with Gasteiger partial charge < -0.3 is 15.0 Å². The molecule has 22 heavy (non-hydrogen) atoms. The van der Waals surface area contributed by atoms with Gasteiger partial charge in [0.05, 0.1) is 6.61 Å². The van der Waals surface area contributed by atoms with Gasteiger partial charge in [0, 0.05) is 30.4 Å². The number of amides is 1. The van der Waals surface area contributed by atoms with E-state index in [4.69, 9.17) is 4.74 Å². The van der Waals surface area contributed by atoms with Gasteiger partial charge in [0.1, 0.15) is 0 Å². The van der Waals surface area contributed by atoms with E-state index in [1.165, 1.54) is 0 Å². The minimum absolute atomic E-state index is 0.120. The SMILES string of the molecule is C=C(CCN(C)C)C(=O)NCc1cccnc1OCCCC. The van der Waals surface area contributed by atoms with E-state index in [9.17, 15) is 4.79 Å². The Morgan fingerprint density at radius 1 is 1.45 bits per heavy atom. The molecule has 0 aromatic carbocycles. The molecule has 0 saturated heterocycles. The van der Waals surface area contributed by atoms with Gasteiger partial charge in [-0.05, 0) is 33.0 Å². The molecule has 1 rings (SSSR count). The first kappa shape index (κ1) is 18.2. The number of pyridine rings is 1. The van der Waals surface area contributed by atoms with E-state index < -0.39 is 0 Å². The van der Waals surface area contributed by atoms with Crippen LogP contribution in [0.5, 0.6) is 5.88 Å². The number of aromatic nitrogens is 1. The van der Waals surface area contributed by atoms with Crippen molar-refractivity contribution in [1.82, 2.24) is 15.2 Å². The normalized spacial score (nSPS) is 10.5. The van der Waals surface area contributed by atoms with Crippen LogP contribution >= 0.6 is 0 Å². The Morgan fingerprint density at radius 3 is 2.91 bits per heavy atom. The number of carbonyl (C=O) groups excluding carboxylic acids is 1. The van der Waals surface area contributed by atoms with Gasteiger partial charge in [0.15, 0.2) is 0 Å². The van der Waals surface area contributed by atoms with Gasteiger partial charge in [0.25, 0.3) is 0 Å². The molecule has 0 bridgehead atoms. The van der Waals surface area contributed by atoms with Crippen molar-refractivity contribution < 1.29 is 9.53 Å². The minimum Gasteiger partial charge on any atom is -0.477 e. The fourth-order valence-electron chi connectivity index (χ4n) is 1.77. The summed E-state index contributed by atoms with van der Waals surface area (Å²) in [6, 6.07) is 3.76. The topological polar surface area (TPSA) is 54.5 Å². The van der Waals surface area contributed by atoms with Crippen LogP contribution in [0.4, 0.5) is 0 Å². The van der Waals surface area contributed by atoms with E-state index in [2.05, 4.69) is 23.8 Å². The van der Waals surface area contributed by atoms with E-state index >= 15 is 0 Å². The number of carbonyl (C=O) groups is 1. The maximum absolute atomic E-state index is 12.0. The third kappa shape index (κ3) is 6.72. The van der Waals surface area contributed by atoms with Gasteiger partial charge in [0.2, 0.25) is 11.8 Å². The predicted molar refractivity (Wildman–Crippen MR) is 88.8 cm³/mol. The summed E-state index contributed by atoms with van der Waals surface area (Å²) in [4.78, 5) is 18.3. The zero-order chi connectivity index (χ0) is 16.4. The molecule has 0 radical (unpaired) electrons. The highest BCUT2D eigenvalue weighted by Gasteiger charge is 2.10. The van der Waals surface area contributed by atoms with Gasteiger partial charge in [-0.1, -0.05) is 26.0 Å². The van der Waals surface area contributed by atoms with Crippen molar-refractivity contribution in [3.63, 3.8) is 0 Å². The number of hydrogen-bond acceptors (Lipinski definition) is 4. The predicted octanol–water partition coefficient (Wildman–Crippen LogP) is 2.38. The first-order valence-electron chi connectivity index (χ1n) is 7.72. The molecular formula is C17H27N3O2. The average Bonchev–Trinajstić information content (AvgIpc) is 2.51. The van der Waals surface area contributed by atoms with Crippen LogP contribution in [-0.2, 0) is 11.3 Å². The molecule has 0 aliphatic carbocycles. The molecule has 0 fully saturated rings. The van der Waals surface area contributed by atoms with E-state index in [1.54, 1.807) is 6.20 Å². The van der Waals surface area contributed by atoms with Crippen LogP contribution < -0.4 is 10.1 Å². The smallest absolute Gasteiger partial charge is 0.246 e. The first-order chi connectivity index (χ1) is 10.5. The number of hydrogen-bond donors (Lipinski definition) is 1. The number of rotatable bonds is 10. The molecule has 1 N–H and O–H groups in total. The van der Waals surface area contributed by atoms with Crippen LogP contribution in [0.1, 0.15) is 31.7 Å². The van der Waals surface area contributed by atoms with Crippen LogP contribution in [0.2, 0.25) is 0 Å². The molecule has 5 heteroatoms. The van der Waals surface area contributed by atoms with Gasteiger partial charge in [-0.15, -0.1) is 0 Å². The van der Waals surface area contributed by atoms with Gasteiger partial charge in [-0.2, -0.15) is 0 Å². The van der Waals surface area contributed by atoms with E-state index in [-0.39, 0.29) is 5.91 Å². The van der Waals surface area contributed by atoms with E-state index in [0.717, 1.165) is 24.9 Å². The molecule has 0 aliphatic rings. The molecule has 1 heterocycles. The standard InChI is InChI=1S/C17H27N3O2/c1-5-6-12-22-17-15(8-7-10-18-17)13-19-16(21)14(2)9-11-20(3)4/h7-8,10H,2,5-6,9,11-13H2,1,3-4H3,(H,19,21). The number of ether oxygens (including phenoxy) is 1. The second-order valence-corrected chi connectivity index (χ2v) is 5.51. The maximum Gasteiger partial charge on any atom is 0.246 e. The molecule has 0 aliphatic heterocycles. The van der Waals surface area contributed by atoms with Crippen molar-refractivity contribution >= 4 is 5.91 Å². The van der Waals surface area contributed by atoms with Crippen molar-refractivity contribution in [2.75, 3.05) is 27.2 Å². The average molecular weight is 305 g/mol. The quantitative estimate of drug-likeness (QED) is 0.533. The summed E-state index contributed by atoms with van der Waals surface area (Å²) >= 11 is 0. The molecule has 0 unspecified atom stereocenters. The summed E-state index contributed by atoms with van der Waals surface area (Å²) in [6.45, 7) is 7.80. The molecule has 0 saturated carbocycles. The molecule has 5 nitrogen and oxygen atoms in total. The lowest BCUT2D eigenvalue weighted by atomic mass is 10.2. The monoisotopic (exact) mass is 305 g/mol. The molecule has 122 valence electrons. The molecule has 0 atom stereocenters. The van der Waals surface area contributed by atoms with E-state index in [0.29, 0.717) is 31.0 Å². The Hall–Kier alpha value is -1.88. The molecular weight excluding hydrogens is 278 g/mol. The van der Waals surface area contributed by atoms with Gasteiger partial charge in [-0.25, -0.2) is 4.98 Å². The summed E-state index contributed by atoms with van der Waals surface area (Å²) in [5, 5.41) is 2.88. The van der Waals surface area contributed by atoms with Crippen LogP contribution in [0.15, 0.2) is 30.5 Å². The van der Waals surface area contributed by atoms with Crippen molar-refractivity contribution in [3.8, 4) is 5.88 Å². The highest BCUT2D eigenvalue weighted by Crippen LogP contribution is 2.14. The Labute approximate surface area is 133 Å². The molecule has 1 aromatic heterocycles. The Kier molecular flexibility index (Phi) is 8.22. The van der Waals surface area contributed by atoms with Crippen LogP contribution in [0.3, 0.4) is 0 Å². The third-order valence-corrected chi connectivity index (χ3v) is 3.21.